The van der Waals surface area contributed by atoms with Crippen LogP contribution in [-0.2, 0) is 13.1 Å². The summed E-state index contributed by atoms with van der Waals surface area (Å²) < 4.78 is 8.07. The highest BCUT2D eigenvalue weighted by Gasteiger charge is 2.17. The SMILES string of the molecule is Cc1ccc(OCCCn2c(CN(C)C(=O)c3ccncc3)nc3ccccc32)cc1. The van der Waals surface area contributed by atoms with Crippen LogP contribution in [0.25, 0.3) is 11.0 Å². The summed E-state index contributed by atoms with van der Waals surface area (Å²) >= 11 is 0. The van der Waals surface area contributed by atoms with Crippen LogP contribution in [0.15, 0.2) is 73.1 Å². The van der Waals surface area contributed by atoms with Crippen LogP contribution in [0.3, 0.4) is 0 Å². The van der Waals surface area contributed by atoms with E-state index in [0.29, 0.717) is 18.7 Å². The second kappa shape index (κ2) is 9.43. The van der Waals surface area contributed by atoms with Crippen molar-refractivity contribution < 1.29 is 9.53 Å². The first-order chi connectivity index (χ1) is 15.1. The molecular formula is C25H26N4O2. The van der Waals surface area contributed by atoms with E-state index in [0.717, 1.165) is 35.6 Å². The number of fused-ring (bicyclic) bond motifs is 1. The van der Waals surface area contributed by atoms with Crippen molar-refractivity contribution in [2.75, 3.05) is 13.7 Å². The minimum absolute atomic E-state index is 0.0521. The van der Waals surface area contributed by atoms with Crippen LogP contribution in [0.1, 0.15) is 28.2 Å². The number of para-hydroxylation sites is 2. The lowest BCUT2D eigenvalue weighted by atomic mass is 10.2. The molecule has 0 aliphatic heterocycles. The van der Waals surface area contributed by atoms with Gasteiger partial charge in [-0.25, -0.2) is 4.98 Å². The van der Waals surface area contributed by atoms with Crippen molar-refractivity contribution in [3.05, 3.63) is 90.0 Å². The number of amides is 1. The zero-order chi connectivity index (χ0) is 21.6. The molecule has 0 bridgehead atoms. The fraction of sp³-hybridized carbons (Fsp3) is 0.240. The molecule has 0 radical (unpaired) electrons. The largest absolute Gasteiger partial charge is 0.494 e. The Morgan fingerprint density at radius 3 is 2.55 bits per heavy atom. The van der Waals surface area contributed by atoms with E-state index in [-0.39, 0.29) is 5.91 Å². The van der Waals surface area contributed by atoms with Gasteiger partial charge in [-0.2, -0.15) is 0 Å². The molecule has 1 amide bonds. The van der Waals surface area contributed by atoms with Crippen LogP contribution in [0.4, 0.5) is 0 Å². The van der Waals surface area contributed by atoms with E-state index in [9.17, 15) is 4.79 Å². The van der Waals surface area contributed by atoms with Crippen LogP contribution in [-0.4, -0.2) is 39.0 Å². The van der Waals surface area contributed by atoms with Gasteiger partial charge in [0.1, 0.15) is 11.6 Å². The number of aryl methyl sites for hydroxylation is 2. The topological polar surface area (TPSA) is 60.2 Å². The lowest BCUT2D eigenvalue weighted by Gasteiger charge is -2.18. The number of hydrogen-bond acceptors (Lipinski definition) is 4. The number of aromatic nitrogens is 3. The van der Waals surface area contributed by atoms with Crippen molar-refractivity contribution in [3.8, 4) is 5.75 Å². The third-order valence-electron chi connectivity index (χ3n) is 5.20. The van der Waals surface area contributed by atoms with Gasteiger partial charge in [-0.3, -0.25) is 9.78 Å². The van der Waals surface area contributed by atoms with Gasteiger partial charge in [-0.1, -0.05) is 29.8 Å². The fourth-order valence-electron chi connectivity index (χ4n) is 3.54. The standard InChI is InChI=1S/C25H26N4O2/c1-19-8-10-21(11-9-19)31-17-5-16-29-23-7-4-3-6-22(23)27-24(29)18-28(2)25(30)20-12-14-26-15-13-20/h3-4,6-15H,5,16-18H2,1-2H3. The zero-order valence-corrected chi connectivity index (χ0v) is 17.9. The Labute approximate surface area is 182 Å². The Morgan fingerprint density at radius 1 is 1.03 bits per heavy atom. The van der Waals surface area contributed by atoms with Crippen molar-refractivity contribution in [1.82, 2.24) is 19.4 Å². The Kier molecular flexibility index (Phi) is 6.26. The lowest BCUT2D eigenvalue weighted by molar-refractivity contribution is 0.0780. The van der Waals surface area contributed by atoms with Gasteiger partial charge in [0.2, 0.25) is 0 Å². The van der Waals surface area contributed by atoms with Gasteiger partial charge in [-0.15, -0.1) is 0 Å². The van der Waals surface area contributed by atoms with Crippen LogP contribution in [0, 0.1) is 6.92 Å². The molecule has 158 valence electrons. The van der Waals surface area contributed by atoms with Gasteiger partial charge < -0.3 is 14.2 Å². The third-order valence-corrected chi connectivity index (χ3v) is 5.20. The van der Waals surface area contributed by atoms with E-state index < -0.39 is 0 Å². The number of ether oxygens (including phenoxy) is 1. The van der Waals surface area contributed by atoms with Crippen molar-refractivity contribution in [3.63, 3.8) is 0 Å². The zero-order valence-electron chi connectivity index (χ0n) is 17.9. The number of nitrogens with zero attached hydrogens (tertiary/aromatic N) is 4. The molecule has 0 fully saturated rings. The van der Waals surface area contributed by atoms with Crippen molar-refractivity contribution in [2.45, 2.75) is 26.4 Å². The minimum Gasteiger partial charge on any atom is -0.494 e. The summed E-state index contributed by atoms with van der Waals surface area (Å²) in [5.41, 5.74) is 3.83. The predicted octanol–water partition coefficient (Wildman–Crippen LogP) is 4.48. The highest BCUT2D eigenvalue weighted by molar-refractivity contribution is 5.93. The summed E-state index contributed by atoms with van der Waals surface area (Å²) in [4.78, 5) is 23.2. The molecule has 0 N–H and O–H groups in total. The second-order valence-corrected chi connectivity index (χ2v) is 7.58. The predicted molar refractivity (Wildman–Crippen MR) is 121 cm³/mol. The first kappa shape index (κ1) is 20.6. The maximum atomic E-state index is 12.8. The molecule has 6 nitrogen and oxygen atoms in total. The summed E-state index contributed by atoms with van der Waals surface area (Å²) in [5.74, 6) is 1.69. The Hall–Kier alpha value is -3.67. The molecular weight excluding hydrogens is 388 g/mol. The quantitative estimate of drug-likeness (QED) is 0.399. The van der Waals surface area contributed by atoms with Gasteiger partial charge in [-0.05, 0) is 49.7 Å². The third kappa shape index (κ3) is 4.91. The molecule has 2 heterocycles. The number of imidazole rings is 1. The maximum Gasteiger partial charge on any atom is 0.254 e. The Balaban J connectivity index is 1.46. The number of benzene rings is 2. The van der Waals surface area contributed by atoms with E-state index in [1.165, 1.54) is 5.56 Å². The molecule has 0 aliphatic carbocycles. The number of carbonyl (C=O) groups excluding carboxylic acids is 1. The maximum absolute atomic E-state index is 12.8. The van der Waals surface area contributed by atoms with Gasteiger partial charge in [0, 0.05) is 31.5 Å². The summed E-state index contributed by atoms with van der Waals surface area (Å²) in [7, 11) is 1.80. The molecule has 0 spiro atoms. The van der Waals surface area contributed by atoms with Crippen LogP contribution in [0.2, 0.25) is 0 Å². The molecule has 4 aromatic rings. The smallest absolute Gasteiger partial charge is 0.254 e. The fourth-order valence-corrected chi connectivity index (χ4v) is 3.54. The summed E-state index contributed by atoms with van der Waals surface area (Å²) in [6.07, 6.45) is 4.10. The molecule has 2 aromatic heterocycles. The van der Waals surface area contributed by atoms with Gasteiger partial charge in [0.25, 0.3) is 5.91 Å². The molecule has 0 saturated carbocycles. The first-order valence-electron chi connectivity index (χ1n) is 10.4. The van der Waals surface area contributed by atoms with E-state index >= 15 is 0 Å². The molecule has 31 heavy (non-hydrogen) atoms. The molecule has 4 rings (SSSR count). The highest BCUT2D eigenvalue weighted by atomic mass is 16.5. The van der Waals surface area contributed by atoms with Crippen molar-refractivity contribution in [2.24, 2.45) is 0 Å². The average Bonchev–Trinajstić information content (AvgIpc) is 3.15. The van der Waals surface area contributed by atoms with E-state index in [1.54, 1.807) is 36.5 Å². The summed E-state index contributed by atoms with van der Waals surface area (Å²) in [6.45, 7) is 3.86. The molecule has 0 aliphatic rings. The number of pyridine rings is 1. The molecule has 0 unspecified atom stereocenters. The van der Waals surface area contributed by atoms with Gasteiger partial charge >= 0.3 is 0 Å². The first-order valence-corrected chi connectivity index (χ1v) is 10.4. The van der Waals surface area contributed by atoms with Crippen LogP contribution < -0.4 is 4.74 Å². The Bertz CT molecular complexity index is 1150. The summed E-state index contributed by atoms with van der Waals surface area (Å²) in [6, 6.07) is 19.6. The van der Waals surface area contributed by atoms with Crippen LogP contribution >= 0.6 is 0 Å². The average molecular weight is 415 g/mol. The van der Waals surface area contributed by atoms with Crippen molar-refractivity contribution in [1.29, 1.82) is 0 Å². The number of carbonyl (C=O) groups is 1. The second-order valence-electron chi connectivity index (χ2n) is 7.58. The molecule has 2 aromatic carbocycles. The number of rotatable bonds is 8. The lowest BCUT2D eigenvalue weighted by Crippen LogP contribution is -2.28. The van der Waals surface area contributed by atoms with Crippen LogP contribution in [0.5, 0.6) is 5.75 Å². The molecule has 6 heteroatoms. The summed E-state index contributed by atoms with van der Waals surface area (Å²) in [5, 5.41) is 0. The number of hydrogen-bond donors (Lipinski definition) is 0. The molecule has 0 saturated heterocycles. The van der Waals surface area contributed by atoms with E-state index in [2.05, 4.69) is 22.5 Å². The Morgan fingerprint density at radius 2 is 1.77 bits per heavy atom. The van der Waals surface area contributed by atoms with E-state index in [1.807, 2.05) is 42.5 Å². The van der Waals surface area contributed by atoms with Gasteiger partial charge in [0.15, 0.2) is 0 Å². The monoisotopic (exact) mass is 414 g/mol. The van der Waals surface area contributed by atoms with Gasteiger partial charge in [0.05, 0.1) is 24.2 Å². The minimum atomic E-state index is -0.0521. The van der Waals surface area contributed by atoms with Crippen molar-refractivity contribution >= 4 is 16.9 Å². The molecule has 0 atom stereocenters. The highest BCUT2D eigenvalue weighted by Crippen LogP contribution is 2.19. The van der Waals surface area contributed by atoms with E-state index in [4.69, 9.17) is 9.72 Å². The normalized spacial score (nSPS) is 10.9.